The zero-order valence-electron chi connectivity index (χ0n) is 15.0. The van der Waals surface area contributed by atoms with Crippen molar-refractivity contribution in [1.29, 1.82) is 0 Å². The molecule has 7 nitrogen and oxygen atoms in total. The van der Waals surface area contributed by atoms with Crippen LogP contribution in [-0.2, 0) is 9.53 Å². The largest absolute Gasteiger partial charge is 0.372 e. The summed E-state index contributed by atoms with van der Waals surface area (Å²) < 4.78 is 7.35. The van der Waals surface area contributed by atoms with Crippen molar-refractivity contribution >= 4 is 17.7 Å². The fourth-order valence-electron chi connectivity index (χ4n) is 2.89. The zero-order chi connectivity index (χ0) is 18.0. The molecule has 3 rings (SSSR count). The summed E-state index contributed by atoms with van der Waals surface area (Å²) in [5.74, 6) is 0.395. The molecule has 0 saturated carbocycles. The third-order valence-corrected chi connectivity index (χ3v) is 5.18. The molecule has 2 heterocycles. The normalized spacial score (nSPS) is 20.7. The van der Waals surface area contributed by atoms with Crippen LogP contribution >= 0.6 is 11.8 Å². The molecule has 0 aliphatic carbocycles. The van der Waals surface area contributed by atoms with E-state index in [9.17, 15) is 4.79 Å². The van der Waals surface area contributed by atoms with Crippen LogP contribution in [0.3, 0.4) is 0 Å². The van der Waals surface area contributed by atoms with Crippen LogP contribution in [0.2, 0.25) is 0 Å². The second kappa shape index (κ2) is 7.53. The molecule has 1 aliphatic rings. The maximum atomic E-state index is 12.5. The number of amides is 1. The molecule has 8 heteroatoms. The fraction of sp³-hybridized carbons (Fsp3) is 0.529. The topological polar surface area (TPSA) is 73.1 Å². The second-order valence-electron chi connectivity index (χ2n) is 6.49. The highest BCUT2D eigenvalue weighted by Gasteiger charge is 2.26. The van der Waals surface area contributed by atoms with Gasteiger partial charge in [0.15, 0.2) is 0 Å². The standard InChI is InChI=1S/C17H23N5O2S/c1-11-5-6-15(7-12(11)2)22-17(18-19-20-22)25-10-16(23)21-8-13(3)24-14(4)9-21/h5-7,13-14H,8-10H2,1-4H3. The highest BCUT2D eigenvalue weighted by molar-refractivity contribution is 7.99. The van der Waals surface area contributed by atoms with E-state index in [4.69, 9.17) is 4.74 Å². The molecule has 1 amide bonds. The Kier molecular flexibility index (Phi) is 5.39. The van der Waals surface area contributed by atoms with Crippen molar-refractivity contribution in [3.63, 3.8) is 0 Å². The fourth-order valence-corrected chi connectivity index (χ4v) is 3.68. The summed E-state index contributed by atoms with van der Waals surface area (Å²) >= 11 is 1.36. The monoisotopic (exact) mass is 361 g/mol. The Balaban J connectivity index is 1.67. The van der Waals surface area contributed by atoms with Gasteiger partial charge in [-0.25, -0.2) is 0 Å². The lowest BCUT2D eigenvalue weighted by Gasteiger charge is -2.35. The maximum Gasteiger partial charge on any atom is 0.233 e. The van der Waals surface area contributed by atoms with Crippen molar-refractivity contribution < 1.29 is 9.53 Å². The first-order valence-electron chi connectivity index (χ1n) is 8.36. The van der Waals surface area contributed by atoms with Crippen molar-refractivity contribution in [1.82, 2.24) is 25.1 Å². The number of morpholine rings is 1. The van der Waals surface area contributed by atoms with Gasteiger partial charge in [0.1, 0.15) is 0 Å². The first kappa shape index (κ1) is 17.9. The number of aromatic nitrogens is 4. The molecular weight excluding hydrogens is 338 g/mol. The van der Waals surface area contributed by atoms with E-state index in [0.717, 1.165) is 5.69 Å². The van der Waals surface area contributed by atoms with Crippen LogP contribution in [0.4, 0.5) is 0 Å². The lowest BCUT2D eigenvalue weighted by Crippen LogP contribution is -2.48. The number of ether oxygens (including phenoxy) is 1. The van der Waals surface area contributed by atoms with E-state index in [2.05, 4.69) is 29.4 Å². The van der Waals surface area contributed by atoms with Crippen molar-refractivity contribution in [3.8, 4) is 5.69 Å². The molecule has 1 fully saturated rings. The Morgan fingerprint density at radius 2 is 1.96 bits per heavy atom. The molecule has 1 aromatic carbocycles. The van der Waals surface area contributed by atoms with Gasteiger partial charge in [0.2, 0.25) is 11.1 Å². The minimum Gasteiger partial charge on any atom is -0.372 e. The van der Waals surface area contributed by atoms with Gasteiger partial charge in [-0.2, -0.15) is 4.68 Å². The molecule has 0 radical (unpaired) electrons. The number of carbonyl (C=O) groups excluding carboxylic acids is 1. The van der Waals surface area contributed by atoms with Gasteiger partial charge in [-0.3, -0.25) is 4.79 Å². The van der Waals surface area contributed by atoms with Gasteiger partial charge in [0.25, 0.3) is 0 Å². The Hall–Kier alpha value is -1.93. The molecule has 25 heavy (non-hydrogen) atoms. The van der Waals surface area contributed by atoms with E-state index in [1.54, 1.807) is 4.68 Å². The van der Waals surface area contributed by atoms with E-state index in [-0.39, 0.29) is 18.1 Å². The maximum absolute atomic E-state index is 12.5. The van der Waals surface area contributed by atoms with Crippen molar-refractivity contribution in [2.45, 2.75) is 45.1 Å². The van der Waals surface area contributed by atoms with Crippen LogP contribution in [-0.4, -0.2) is 62.1 Å². The number of carbonyl (C=O) groups is 1. The zero-order valence-corrected chi connectivity index (χ0v) is 15.8. The molecule has 134 valence electrons. The minimum atomic E-state index is 0.0681. The summed E-state index contributed by atoms with van der Waals surface area (Å²) in [6.07, 6.45) is 0.136. The average Bonchev–Trinajstić information content (AvgIpc) is 3.02. The Bertz CT molecular complexity index is 753. The number of rotatable bonds is 4. The third kappa shape index (κ3) is 4.19. The predicted molar refractivity (Wildman–Crippen MR) is 95.9 cm³/mol. The van der Waals surface area contributed by atoms with Gasteiger partial charge in [0, 0.05) is 13.1 Å². The molecule has 2 atom stereocenters. The second-order valence-corrected chi connectivity index (χ2v) is 7.43. The molecule has 0 bridgehead atoms. The van der Waals surface area contributed by atoms with Crippen molar-refractivity contribution in [2.75, 3.05) is 18.8 Å². The van der Waals surface area contributed by atoms with Crippen molar-refractivity contribution in [3.05, 3.63) is 29.3 Å². The Morgan fingerprint density at radius 3 is 2.64 bits per heavy atom. The molecule has 2 unspecified atom stereocenters. The summed E-state index contributed by atoms with van der Waals surface area (Å²) in [7, 11) is 0. The SMILES string of the molecule is Cc1ccc(-n2nnnc2SCC(=O)N2CC(C)OC(C)C2)cc1C. The van der Waals surface area contributed by atoms with Crippen LogP contribution in [0.1, 0.15) is 25.0 Å². The molecule has 0 N–H and O–H groups in total. The molecule has 1 aliphatic heterocycles. The molecule has 1 saturated heterocycles. The highest BCUT2D eigenvalue weighted by atomic mass is 32.2. The van der Waals surface area contributed by atoms with Crippen LogP contribution in [0, 0.1) is 13.8 Å². The Morgan fingerprint density at radius 1 is 1.24 bits per heavy atom. The van der Waals surface area contributed by atoms with E-state index < -0.39 is 0 Å². The average molecular weight is 361 g/mol. The predicted octanol–water partition coefficient (Wildman–Crippen LogP) is 2.01. The number of hydrogen-bond acceptors (Lipinski definition) is 6. The van der Waals surface area contributed by atoms with Crippen LogP contribution in [0.5, 0.6) is 0 Å². The number of hydrogen-bond donors (Lipinski definition) is 0. The highest BCUT2D eigenvalue weighted by Crippen LogP contribution is 2.21. The summed E-state index contributed by atoms with van der Waals surface area (Å²) in [6, 6.07) is 6.07. The van der Waals surface area contributed by atoms with E-state index in [0.29, 0.717) is 24.0 Å². The molecule has 2 aromatic rings. The number of benzene rings is 1. The molecule has 0 spiro atoms. The van der Waals surface area contributed by atoms with Gasteiger partial charge in [0.05, 0.1) is 23.6 Å². The lowest BCUT2D eigenvalue weighted by molar-refractivity contribution is -0.140. The lowest BCUT2D eigenvalue weighted by atomic mass is 10.1. The summed E-state index contributed by atoms with van der Waals surface area (Å²) in [5, 5.41) is 12.5. The van der Waals surface area contributed by atoms with Crippen molar-refractivity contribution in [2.24, 2.45) is 0 Å². The van der Waals surface area contributed by atoms with Crippen LogP contribution < -0.4 is 0 Å². The summed E-state index contributed by atoms with van der Waals surface area (Å²) in [4.78, 5) is 14.4. The molecule has 1 aromatic heterocycles. The van der Waals surface area contributed by atoms with Gasteiger partial charge in [-0.05, 0) is 61.4 Å². The number of aryl methyl sites for hydroxylation is 2. The minimum absolute atomic E-state index is 0.0681. The van der Waals surface area contributed by atoms with Gasteiger partial charge >= 0.3 is 0 Å². The quantitative estimate of drug-likeness (QED) is 0.776. The summed E-state index contributed by atoms with van der Waals surface area (Å²) in [6.45, 7) is 9.36. The number of tetrazole rings is 1. The van der Waals surface area contributed by atoms with Gasteiger partial charge in [-0.1, -0.05) is 17.8 Å². The first-order valence-corrected chi connectivity index (χ1v) is 9.34. The third-order valence-electron chi connectivity index (χ3n) is 4.27. The first-order chi connectivity index (χ1) is 11.9. The van der Waals surface area contributed by atoms with E-state index in [1.165, 1.54) is 22.9 Å². The summed E-state index contributed by atoms with van der Waals surface area (Å²) in [5.41, 5.74) is 3.30. The molecular formula is C17H23N5O2S. The smallest absolute Gasteiger partial charge is 0.233 e. The van der Waals surface area contributed by atoms with Gasteiger partial charge in [-0.15, -0.1) is 5.10 Å². The number of thioether (sulfide) groups is 1. The van der Waals surface area contributed by atoms with Gasteiger partial charge < -0.3 is 9.64 Å². The van der Waals surface area contributed by atoms with Crippen LogP contribution in [0.15, 0.2) is 23.4 Å². The van der Waals surface area contributed by atoms with E-state index >= 15 is 0 Å². The van der Waals surface area contributed by atoms with E-state index in [1.807, 2.05) is 36.9 Å². The van der Waals surface area contributed by atoms with Crippen LogP contribution in [0.25, 0.3) is 5.69 Å². The number of nitrogens with zero attached hydrogens (tertiary/aromatic N) is 5. The Labute approximate surface area is 151 Å².